The fourth-order valence-corrected chi connectivity index (χ4v) is 2.45. The van der Waals surface area contributed by atoms with Crippen molar-refractivity contribution in [1.29, 1.82) is 0 Å². The molecule has 0 aromatic carbocycles. The Bertz CT molecular complexity index is 422. The summed E-state index contributed by atoms with van der Waals surface area (Å²) in [4.78, 5) is 16.6. The zero-order valence-corrected chi connectivity index (χ0v) is 11.2. The Balaban J connectivity index is 2.15. The Hall–Kier alpha value is -1.56. The number of hydrogen-bond donors (Lipinski definition) is 2. The summed E-state index contributed by atoms with van der Waals surface area (Å²) in [6.45, 7) is 6.38. The first kappa shape index (κ1) is 12.9. The Morgan fingerprint density at radius 2 is 2.28 bits per heavy atom. The van der Waals surface area contributed by atoms with E-state index in [4.69, 9.17) is 5.73 Å². The molecule has 1 aliphatic heterocycles. The summed E-state index contributed by atoms with van der Waals surface area (Å²) < 4.78 is 0. The highest BCUT2D eigenvalue weighted by atomic mass is 16.2. The van der Waals surface area contributed by atoms with E-state index in [1.54, 1.807) is 0 Å². The molecule has 1 atom stereocenters. The summed E-state index contributed by atoms with van der Waals surface area (Å²) in [6, 6.07) is 0.427. The normalized spacial score (nSPS) is 21.3. The smallest absolute Gasteiger partial charge is 0.259 e. The Kier molecular flexibility index (Phi) is 3.56. The van der Waals surface area contributed by atoms with Gasteiger partial charge < -0.3 is 10.6 Å². The molecule has 3 N–H and O–H groups in total. The van der Waals surface area contributed by atoms with Crippen molar-refractivity contribution in [3.05, 3.63) is 11.3 Å². The van der Waals surface area contributed by atoms with Crippen molar-refractivity contribution in [3.63, 3.8) is 0 Å². The highest BCUT2D eigenvalue weighted by Gasteiger charge is 2.29. The van der Waals surface area contributed by atoms with Crippen LogP contribution in [0, 0.1) is 6.92 Å². The third-order valence-corrected chi connectivity index (χ3v) is 3.72. The van der Waals surface area contributed by atoms with Gasteiger partial charge in [-0.05, 0) is 20.4 Å². The minimum atomic E-state index is -0.00898. The lowest BCUT2D eigenvalue weighted by Crippen LogP contribution is -2.53. The zero-order chi connectivity index (χ0) is 13.3. The number of piperazine rings is 1. The lowest BCUT2D eigenvalue weighted by Gasteiger charge is -2.39. The number of carbonyl (C=O) groups excluding carboxylic acids is 1. The predicted molar refractivity (Wildman–Crippen MR) is 70.3 cm³/mol. The molecule has 0 aliphatic carbocycles. The van der Waals surface area contributed by atoms with E-state index in [2.05, 4.69) is 29.1 Å². The first-order valence-corrected chi connectivity index (χ1v) is 6.34. The van der Waals surface area contributed by atoms with Crippen LogP contribution in [0.5, 0.6) is 0 Å². The van der Waals surface area contributed by atoms with E-state index in [0.29, 0.717) is 17.4 Å². The summed E-state index contributed by atoms with van der Waals surface area (Å²) in [5.74, 6) is 0.287. The molecule has 100 valence electrons. The van der Waals surface area contributed by atoms with Crippen LogP contribution < -0.4 is 5.73 Å². The molecule has 1 saturated heterocycles. The number of nitrogen functional groups attached to an aromatic ring is 1. The molecule has 18 heavy (non-hydrogen) atoms. The van der Waals surface area contributed by atoms with Gasteiger partial charge in [-0.3, -0.25) is 14.8 Å². The first-order valence-electron chi connectivity index (χ1n) is 6.34. The van der Waals surface area contributed by atoms with E-state index in [1.807, 2.05) is 11.8 Å². The van der Waals surface area contributed by atoms with E-state index < -0.39 is 0 Å². The van der Waals surface area contributed by atoms with Crippen LogP contribution in [0.25, 0.3) is 0 Å². The Morgan fingerprint density at radius 3 is 2.83 bits per heavy atom. The highest BCUT2D eigenvalue weighted by Crippen LogP contribution is 2.18. The van der Waals surface area contributed by atoms with Crippen LogP contribution >= 0.6 is 0 Å². The monoisotopic (exact) mass is 251 g/mol. The molecule has 1 amide bonds. The van der Waals surface area contributed by atoms with Crippen LogP contribution in [-0.2, 0) is 0 Å². The molecule has 1 aromatic rings. The standard InChI is InChI=1S/C12H21N5O/c1-4-9-7-17(6-5-16(9)3)12(18)10-8(2)14-15-11(10)13/h9H,4-7H2,1-3H3,(H3,13,14,15). The second-order valence-corrected chi connectivity index (χ2v) is 4.90. The summed E-state index contributed by atoms with van der Waals surface area (Å²) >= 11 is 0. The molecule has 0 spiro atoms. The maximum Gasteiger partial charge on any atom is 0.259 e. The molecule has 1 fully saturated rings. The average Bonchev–Trinajstić information content (AvgIpc) is 2.69. The lowest BCUT2D eigenvalue weighted by atomic mass is 10.1. The van der Waals surface area contributed by atoms with Gasteiger partial charge in [-0.2, -0.15) is 5.10 Å². The minimum absolute atomic E-state index is 0.00898. The number of likely N-dealkylation sites (N-methyl/N-ethyl adjacent to an activating group) is 1. The van der Waals surface area contributed by atoms with Crippen molar-refractivity contribution in [3.8, 4) is 0 Å². The summed E-state index contributed by atoms with van der Waals surface area (Å²) in [6.07, 6.45) is 1.04. The number of nitrogens with two attached hydrogens (primary N) is 1. The SMILES string of the molecule is CCC1CN(C(=O)c2c(N)n[nH]c2C)CCN1C. The van der Waals surface area contributed by atoms with Gasteiger partial charge in [0.1, 0.15) is 5.56 Å². The molecule has 2 rings (SSSR count). The van der Waals surface area contributed by atoms with E-state index in [0.717, 1.165) is 31.7 Å². The predicted octanol–water partition coefficient (Wildman–Crippen LogP) is 0.467. The van der Waals surface area contributed by atoms with Crippen LogP contribution in [-0.4, -0.2) is 58.6 Å². The van der Waals surface area contributed by atoms with Crippen LogP contribution in [0.3, 0.4) is 0 Å². The van der Waals surface area contributed by atoms with Gasteiger partial charge in [-0.1, -0.05) is 6.92 Å². The quantitative estimate of drug-likeness (QED) is 0.800. The molecule has 1 unspecified atom stereocenters. The second-order valence-electron chi connectivity index (χ2n) is 4.90. The average molecular weight is 251 g/mol. The summed E-state index contributed by atoms with van der Waals surface area (Å²) in [5, 5.41) is 6.64. The van der Waals surface area contributed by atoms with Gasteiger partial charge in [-0.25, -0.2) is 0 Å². The number of amides is 1. The van der Waals surface area contributed by atoms with Crippen molar-refractivity contribution < 1.29 is 4.79 Å². The molecular formula is C12H21N5O. The fraction of sp³-hybridized carbons (Fsp3) is 0.667. The van der Waals surface area contributed by atoms with Crippen molar-refractivity contribution in [2.45, 2.75) is 26.3 Å². The van der Waals surface area contributed by atoms with Crippen LogP contribution in [0.2, 0.25) is 0 Å². The van der Waals surface area contributed by atoms with Gasteiger partial charge >= 0.3 is 0 Å². The van der Waals surface area contributed by atoms with Crippen LogP contribution in [0.4, 0.5) is 5.82 Å². The molecule has 2 heterocycles. The van der Waals surface area contributed by atoms with E-state index in [1.165, 1.54) is 0 Å². The van der Waals surface area contributed by atoms with Crippen LogP contribution in [0.15, 0.2) is 0 Å². The maximum absolute atomic E-state index is 12.4. The minimum Gasteiger partial charge on any atom is -0.382 e. The topological polar surface area (TPSA) is 78.2 Å². The van der Waals surface area contributed by atoms with Gasteiger partial charge in [0.25, 0.3) is 5.91 Å². The number of hydrogen-bond acceptors (Lipinski definition) is 4. The number of rotatable bonds is 2. The third kappa shape index (κ3) is 2.20. The van der Waals surface area contributed by atoms with E-state index in [9.17, 15) is 4.79 Å². The number of nitrogens with one attached hydrogen (secondary N) is 1. The lowest BCUT2D eigenvalue weighted by molar-refractivity contribution is 0.0542. The largest absolute Gasteiger partial charge is 0.382 e. The first-order chi connectivity index (χ1) is 8.54. The molecule has 0 radical (unpaired) electrons. The molecular weight excluding hydrogens is 230 g/mol. The number of nitrogens with zero attached hydrogens (tertiary/aromatic N) is 3. The van der Waals surface area contributed by atoms with Gasteiger partial charge in [-0.15, -0.1) is 0 Å². The molecule has 6 heteroatoms. The van der Waals surface area contributed by atoms with Gasteiger partial charge in [0.05, 0.1) is 0 Å². The summed E-state index contributed by atoms with van der Waals surface area (Å²) in [7, 11) is 2.10. The molecule has 1 aliphatic rings. The van der Waals surface area contributed by atoms with Crippen LogP contribution in [0.1, 0.15) is 29.4 Å². The van der Waals surface area contributed by atoms with Crippen molar-refractivity contribution in [2.75, 3.05) is 32.4 Å². The molecule has 0 saturated carbocycles. The second kappa shape index (κ2) is 4.97. The maximum atomic E-state index is 12.4. The number of anilines is 1. The molecule has 1 aromatic heterocycles. The Labute approximate surface area is 107 Å². The van der Waals surface area contributed by atoms with E-state index >= 15 is 0 Å². The zero-order valence-electron chi connectivity index (χ0n) is 11.2. The number of carbonyl (C=O) groups is 1. The van der Waals surface area contributed by atoms with Crippen molar-refractivity contribution in [1.82, 2.24) is 20.0 Å². The van der Waals surface area contributed by atoms with Gasteiger partial charge in [0.15, 0.2) is 5.82 Å². The molecule has 0 bridgehead atoms. The third-order valence-electron chi connectivity index (χ3n) is 3.72. The van der Waals surface area contributed by atoms with Gasteiger partial charge in [0.2, 0.25) is 0 Å². The van der Waals surface area contributed by atoms with Crippen molar-refractivity contribution >= 4 is 11.7 Å². The number of H-pyrrole nitrogens is 1. The van der Waals surface area contributed by atoms with Gasteiger partial charge in [0, 0.05) is 31.4 Å². The highest BCUT2D eigenvalue weighted by molar-refractivity contribution is 5.99. The molecule has 6 nitrogen and oxygen atoms in total. The van der Waals surface area contributed by atoms with Crippen molar-refractivity contribution in [2.24, 2.45) is 0 Å². The summed E-state index contributed by atoms with van der Waals surface area (Å²) in [5.41, 5.74) is 7.01. The Morgan fingerprint density at radius 1 is 1.56 bits per heavy atom. The number of aromatic amines is 1. The number of aryl methyl sites for hydroxylation is 1. The fourth-order valence-electron chi connectivity index (χ4n) is 2.45. The number of aromatic nitrogens is 2. The van der Waals surface area contributed by atoms with E-state index in [-0.39, 0.29) is 5.91 Å².